The SMILES string of the molecule is Nc1cc(I)c(F)cc1N1CCCNC(=O)C1. The minimum atomic E-state index is -0.306. The molecule has 0 radical (unpaired) electrons. The lowest BCUT2D eigenvalue weighted by molar-refractivity contribution is -0.119. The third-order valence-electron chi connectivity index (χ3n) is 2.67. The van der Waals surface area contributed by atoms with Crippen LogP contribution in [0.3, 0.4) is 0 Å². The monoisotopic (exact) mass is 349 g/mol. The highest BCUT2D eigenvalue weighted by atomic mass is 127. The van der Waals surface area contributed by atoms with Crippen LogP contribution in [0.1, 0.15) is 6.42 Å². The lowest BCUT2D eigenvalue weighted by Gasteiger charge is -2.23. The lowest BCUT2D eigenvalue weighted by Crippen LogP contribution is -2.33. The highest BCUT2D eigenvalue weighted by Gasteiger charge is 2.18. The van der Waals surface area contributed by atoms with Crippen molar-refractivity contribution in [3.8, 4) is 0 Å². The number of carbonyl (C=O) groups excluding carboxylic acids is 1. The highest BCUT2D eigenvalue weighted by Crippen LogP contribution is 2.28. The standard InChI is InChI=1S/C11H13FIN3O/c12-7-4-10(9(14)5-8(7)13)16-3-1-2-15-11(17)6-16/h4-5H,1-3,6,14H2,(H,15,17). The Labute approximate surface area is 112 Å². The molecule has 0 aliphatic carbocycles. The summed E-state index contributed by atoms with van der Waals surface area (Å²) in [4.78, 5) is 13.3. The molecule has 0 aromatic heterocycles. The fourth-order valence-electron chi connectivity index (χ4n) is 1.84. The second-order valence-electron chi connectivity index (χ2n) is 3.95. The van der Waals surface area contributed by atoms with Gasteiger partial charge in [0.15, 0.2) is 0 Å². The number of nitrogen functional groups attached to an aromatic ring is 1. The number of nitrogens with one attached hydrogen (secondary N) is 1. The fourth-order valence-corrected chi connectivity index (χ4v) is 2.33. The molecular formula is C11H13FIN3O. The Hall–Kier alpha value is -1.05. The number of amides is 1. The van der Waals surface area contributed by atoms with E-state index >= 15 is 0 Å². The number of nitrogens with zero attached hydrogens (tertiary/aromatic N) is 1. The van der Waals surface area contributed by atoms with E-state index < -0.39 is 0 Å². The van der Waals surface area contributed by atoms with Gasteiger partial charge in [-0.1, -0.05) is 0 Å². The zero-order chi connectivity index (χ0) is 12.4. The van der Waals surface area contributed by atoms with E-state index in [0.717, 1.165) is 6.42 Å². The van der Waals surface area contributed by atoms with E-state index in [-0.39, 0.29) is 18.3 Å². The molecule has 3 N–H and O–H groups in total. The second kappa shape index (κ2) is 5.07. The van der Waals surface area contributed by atoms with E-state index in [2.05, 4.69) is 5.32 Å². The first-order valence-corrected chi connectivity index (χ1v) is 6.42. The molecule has 0 spiro atoms. The second-order valence-corrected chi connectivity index (χ2v) is 5.11. The van der Waals surface area contributed by atoms with Crippen molar-refractivity contribution >= 4 is 39.9 Å². The summed E-state index contributed by atoms with van der Waals surface area (Å²) in [6.07, 6.45) is 0.832. The molecule has 1 fully saturated rings. The number of halogens is 2. The number of rotatable bonds is 1. The minimum absolute atomic E-state index is 0.0548. The van der Waals surface area contributed by atoms with Crippen molar-refractivity contribution in [2.75, 3.05) is 30.3 Å². The lowest BCUT2D eigenvalue weighted by atomic mass is 10.2. The van der Waals surface area contributed by atoms with Gasteiger partial charge < -0.3 is 16.0 Å². The molecular weight excluding hydrogens is 336 g/mol. The summed E-state index contributed by atoms with van der Waals surface area (Å²) in [5, 5.41) is 2.77. The molecule has 0 unspecified atom stereocenters. The first-order valence-electron chi connectivity index (χ1n) is 5.34. The maximum absolute atomic E-state index is 13.5. The molecule has 1 saturated heterocycles. The van der Waals surface area contributed by atoms with E-state index in [1.165, 1.54) is 6.07 Å². The van der Waals surface area contributed by atoms with Gasteiger partial charge >= 0.3 is 0 Å². The molecule has 0 saturated carbocycles. The first kappa shape index (κ1) is 12.4. The van der Waals surface area contributed by atoms with Crippen LogP contribution in [0.15, 0.2) is 12.1 Å². The summed E-state index contributed by atoms with van der Waals surface area (Å²) in [6, 6.07) is 2.99. The molecule has 1 amide bonds. The molecule has 1 aromatic rings. The topological polar surface area (TPSA) is 58.4 Å². The Bertz CT molecular complexity index is 453. The summed E-state index contributed by atoms with van der Waals surface area (Å²) in [5.74, 6) is -0.361. The van der Waals surface area contributed by atoms with Crippen LogP contribution in [0.2, 0.25) is 0 Å². The normalized spacial score (nSPS) is 16.6. The molecule has 6 heteroatoms. The molecule has 1 aliphatic heterocycles. The highest BCUT2D eigenvalue weighted by molar-refractivity contribution is 14.1. The smallest absolute Gasteiger partial charge is 0.239 e. The Kier molecular flexibility index (Phi) is 3.70. The van der Waals surface area contributed by atoms with E-state index in [1.807, 2.05) is 27.5 Å². The van der Waals surface area contributed by atoms with Crippen LogP contribution in [-0.4, -0.2) is 25.5 Å². The van der Waals surface area contributed by atoms with Gasteiger partial charge in [-0.2, -0.15) is 0 Å². The number of anilines is 2. The van der Waals surface area contributed by atoms with Crippen LogP contribution in [0.5, 0.6) is 0 Å². The molecule has 17 heavy (non-hydrogen) atoms. The molecule has 0 atom stereocenters. The molecule has 92 valence electrons. The average molecular weight is 349 g/mol. The molecule has 1 aliphatic rings. The zero-order valence-corrected chi connectivity index (χ0v) is 11.3. The van der Waals surface area contributed by atoms with Crippen molar-refractivity contribution in [1.29, 1.82) is 0 Å². The Morgan fingerprint density at radius 3 is 3.00 bits per heavy atom. The van der Waals surface area contributed by atoms with Gasteiger partial charge in [-0.05, 0) is 35.1 Å². The van der Waals surface area contributed by atoms with Crippen LogP contribution >= 0.6 is 22.6 Å². The van der Waals surface area contributed by atoms with Crippen molar-refractivity contribution in [1.82, 2.24) is 5.32 Å². The number of hydrogen-bond donors (Lipinski definition) is 2. The summed E-state index contributed by atoms with van der Waals surface area (Å²) in [6.45, 7) is 1.58. The van der Waals surface area contributed by atoms with Crippen molar-refractivity contribution in [2.24, 2.45) is 0 Å². The predicted molar refractivity (Wildman–Crippen MR) is 73.4 cm³/mol. The van der Waals surface area contributed by atoms with E-state index in [9.17, 15) is 9.18 Å². The van der Waals surface area contributed by atoms with Gasteiger partial charge in [0.25, 0.3) is 0 Å². The van der Waals surface area contributed by atoms with Crippen LogP contribution in [0.4, 0.5) is 15.8 Å². The summed E-state index contributed by atoms with van der Waals surface area (Å²) in [5.41, 5.74) is 6.98. The number of benzene rings is 1. The predicted octanol–water partition coefficient (Wildman–Crippen LogP) is 1.34. The van der Waals surface area contributed by atoms with Gasteiger partial charge in [-0.3, -0.25) is 4.79 Å². The largest absolute Gasteiger partial charge is 0.397 e. The fraction of sp³-hybridized carbons (Fsp3) is 0.364. The molecule has 2 rings (SSSR count). The Balaban J connectivity index is 2.32. The molecule has 1 aromatic carbocycles. The van der Waals surface area contributed by atoms with Gasteiger partial charge in [-0.15, -0.1) is 0 Å². The average Bonchev–Trinajstić information content (AvgIpc) is 2.48. The van der Waals surface area contributed by atoms with Crippen LogP contribution in [0.25, 0.3) is 0 Å². The summed E-state index contributed by atoms with van der Waals surface area (Å²) in [7, 11) is 0. The third kappa shape index (κ3) is 2.80. The van der Waals surface area contributed by atoms with Crippen molar-refractivity contribution < 1.29 is 9.18 Å². The number of nitrogens with two attached hydrogens (primary N) is 1. The van der Waals surface area contributed by atoms with Crippen LogP contribution < -0.4 is 16.0 Å². The molecule has 4 nitrogen and oxygen atoms in total. The number of hydrogen-bond acceptors (Lipinski definition) is 3. The third-order valence-corrected chi connectivity index (χ3v) is 3.50. The van der Waals surface area contributed by atoms with E-state index in [0.29, 0.717) is 28.0 Å². The molecule has 0 bridgehead atoms. The summed E-state index contributed by atoms with van der Waals surface area (Å²) >= 11 is 1.90. The maximum atomic E-state index is 13.5. The van der Waals surface area contributed by atoms with Crippen molar-refractivity contribution in [3.63, 3.8) is 0 Å². The zero-order valence-electron chi connectivity index (χ0n) is 9.17. The van der Waals surface area contributed by atoms with Gasteiger partial charge in [0.1, 0.15) is 5.82 Å². The number of carbonyl (C=O) groups is 1. The maximum Gasteiger partial charge on any atom is 0.239 e. The Morgan fingerprint density at radius 2 is 2.24 bits per heavy atom. The van der Waals surface area contributed by atoms with Gasteiger partial charge in [0.05, 0.1) is 21.5 Å². The van der Waals surface area contributed by atoms with Crippen molar-refractivity contribution in [3.05, 3.63) is 21.5 Å². The molecule has 1 heterocycles. The van der Waals surface area contributed by atoms with Crippen molar-refractivity contribution in [2.45, 2.75) is 6.42 Å². The van der Waals surface area contributed by atoms with Gasteiger partial charge in [-0.25, -0.2) is 4.39 Å². The minimum Gasteiger partial charge on any atom is -0.397 e. The van der Waals surface area contributed by atoms with Gasteiger partial charge in [0.2, 0.25) is 5.91 Å². The van der Waals surface area contributed by atoms with Crippen LogP contribution in [-0.2, 0) is 4.79 Å². The summed E-state index contributed by atoms with van der Waals surface area (Å²) < 4.78 is 14.0. The quantitative estimate of drug-likeness (QED) is 0.594. The van der Waals surface area contributed by atoms with E-state index in [4.69, 9.17) is 5.73 Å². The van der Waals surface area contributed by atoms with Gasteiger partial charge in [0, 0.05) is 19.2 Å². The first-order chi connectivity index (χ1) is 8.08. The van der Waals surface area contributed by atoms with Crippen LogP contribution in [0, 0.1) is 9.39 Å². The Morgan fingerprint density at radius 1 is 1.47 bits per heavy atom. The van der Waals surface area contributed by atoms with E-state index in [1.54, 1.807) is 6.07 Å².